The molecule has 0 bridgehead atoms. The van der Waals surface area contributed by atoms with Crippen molar-refractivity contribution in [1.29, 1.82) is 0 Å². The third-order valence-corrected chi connectivity index (χ3v) is 3.58. The summed E-state index contributed by atoms with van der Waals surface area (Å²) < 4.78 is 5.92. The molecule has 3 heteroatoms. The Labute approximate surface area is 109 Å². The summed E-state index contributed by atoms with van der Waals surface area (Å²) in [6.07, 6.45) is 0.968. The molecule has 1 N–H and O–H groups in total. The summed E-state index contributed by atoms with van der Waals surface area (Å²) in [6.45, 7) is 7.37. The molecule has 1 aliphatic heterocycles. The minimum atomic E-state index is -0.0664. The highest BCUT2D eigenvalue weighted by Gasteiger charge is 2.34. The van der Waals surface area contributed by atoms with Crippen LogP contribution in [0.4, 0.5) is 0 Å². The topological polar surface area (TPSA) is 32.7 Å². The van der Waals surface area contributed by atoms with Crippen LogP contribution in [0.15, 0.2) is 24.3 Å². The Hall–Kier alpha value is -0.900. The minimum Gasteiger partial charge on any atom is -0.394 e. The van der Waals surface area contributed by atoms with E-state index in [-0.39, 0.29) is 18.9 Å². The molecule has 1 saturated heterocycles. The largest absolute Gasteiger partial charge is 0.394 e. The van der Waals surface area contributed by atoms with Crippen molar-refractivity contribution >= 4 is 0 Å². The van der Waals surface area contributed by atoms with Crippen molar-refractivity contribution in [3.8, 4) is 0 Å². The monoisotopic (exact) mass is 249 g/mol. The number of ether oxygens (including phenoxy) is 1. The van der Waals surface area contributed by atoms with Gasteiger partial charge in [0.05, 0.1) is 12.7 Å². The Balaban J connectivity index is 2.18. The lowest BCUT2D eigenvalue weighted by atomic mass is 10.1. The molecule has 0 spiro atoms. The Morgan fingerprint density at radius 3 is 2.50 bits per heavy atom. The van der Waals surface area contributed by atoms with E-state index >= 15 is 0 Å². The third-order valence-electron chi connectivity index (χ3n) is 3.58. The molecular weight excluding hydrogens is 226 g/mol. The smallest absolute Gasteiger partial charge is 0.137 e. The molecule has 0 amide bonds. The third kappa shape index (κ3) is 2.74. The molecule has 2 atom stereocenters. The first kappa shape index (κ1) is 13.5. The second-order valence-corrected chi connectivity index (χ2v) is 5.18. The van der Waals surface area contributed by atoms with Crippen LogP contribution in [0.2, 0.25) is 0 Å². The van der Waals surface area contributed by atoms with E-state index in [1.165, 1.54) is 11.1 Å². The number of benzene rings is 1. The summed E-state index contributed by atoms with van der Waals surface area (Å²) in [4.78, 5) is 2.29. The minimum absolute atomic E-state index is 0.0203. The van der Waals surface area contributed by atoms with Crippen molar-refractivity contribution in [3.63, 3.8) is 0 Å². The lowest BCUT2D eigenvalue weighted by molar-refractivity contribution is -0.0266. The first-order chi connectivity index (χ1) is 8.65. The van der Waals surface area contributed by atoms with Crippen LogP contribution in [0.1, 0.15) is 38.1 Å². The lowest BCUT2D eigenvalue weighted by Crippen LogP contribution is -2.32. The van der Waals surface area contributed by atoms with Crippen LogP contribution in [0, 0.1) is 0 Å². The highest BCUT2D eigenvalue weighted by Crippen LogP contribution is 2.31. The van der Waals surface area contributed by atoms with Crippen molar-refractivity contribution < 1.29 is 9.84 Å². The SMILES string of the molecule is CCc1ccc(C2OC(CO)CN2C(C)C)cc1. The number of nitrogens with zero attached hydrogens (tertiary/aromatic N) is 1. The van der Waals surface area contributed by atoms with E-state index in [0.717, 1.165) is 13.0 Å². The molecule has 3 nitrogen and oxygen atoms in total. The molecule has 18 heavy (non-hydrogen) atoms. The Morgan fingerprint density at radius 2 is 2.00 bits per heavy atom. The van der Waals surface area contributed by atoms with Gasteiger partial charge >= 0.3 is 0 Å². The summed E-state index contributed by atoms with van der Waals surface area (Å²) in [5.74, 6) is 0. The van der Waals surface area contributed by atoms with E-state index in [2.05, 4.69) is 49.9 Å². The number of rotatable bonds is 4. The van der Waals surface area contributed by atoms with Crippen LogP contribution in [0.5, 0.6) is 0 Å². The molecule has 1 aliphatic rings. The quantitative estimate of drug-likeness (QED) is 0.889. The van der Waals surface area contributed by atoms with Crippen LogP contribution < -0.4 is 0 Å². The van der Waals surface area contributed by atoms with Crippen molar-refractivity contribution in [2.45, 2.75) is 45.6 Å². The molecule has 0 saturated carbocycles. The predicted molar refractivity (Wildman–Crippen MR) is 72.4 cm³/mol. The van der Waals surface area contributed by atoms with Crippen molar-refractivity contribution in [2.75, 3.05) is 13.2 Å². The van der Waals surface area contributed by atoms with Gasteiger partial charge in [-0.1, -0.05) is 31.2 Å². The van der Waals surface area contributed by atoms with Gasteiger partial charge in [0.15, 0.2) is 0 Å². The zero-order valence-corrected chi connectivity index (χ0v) is 11.5. The number of hydrogen-bond donors (Lipinski definition) is 1. The molecule has 0 aromatic heterocycles. The van der Waals surface area contributed by atoms with Gasteiger partial charge < -0.3 is 9.84 Å². The van der Waals surface area contributed by atoms with Crippen molar-refractivity contribution in [3.05, 3.63) is 35.4 Å². The van der Waals surface area contributed by atoms with Gasteiger partial charge in [-0.05, 0) is 31.4 Å². The molecule has 1 aromatic carbocycles. The van der Waals surface area contributed by atoms with E-state index in [9.17, 15) is 5.11 Å². The molecule has 0 radical (unpaired) electrons. The summed E-state index contributed by atoms with van der Waals surface area (Å²) >= 11 is 0. The summed E-state index contributed by atoms with van der Waals surface area (Å²) in [7, 11) is 0. The summed E-state index contributed by atoms with van der Waals surface area (Å²) in [5, 5.41) is 9.26. The first-order valence-corrected chi connectivity index (χ1v) is 6.76. The van der Waals surface area contributed by atoms with Crippen LogP contribution in [0.3, 0.4) is 0 Å². The summed E-state index contributed by atoms with van der Waals surface area (Å²) in [6, 6.07) is 9.00. The molecule has 0 aliphatic carbocycles. The average molecular weight is 249 g/mol. The summed E-state index contributed by atoms with van der Waals surface area (Å²) in [5.41, 5.74) is 2.52. The Bertz CT molecular complexity index is 375. The fourth-order valence-electron chi connectivity index (χ4n) is 2.40. The van der Waals surface area contributed by atoms with Gasteiger partial charge in [-0.25, -0.2) is 0 Å². The van der Waals surface area contributed by atoms with Gasteiger partial charge in [0.1, 0.15) is 6.23 Å². The normalized spacial score (nSPS) is 24.9. The number of aliphatic hydroxyl groups is 1. The maximum atomic E-state index is 9.26. The maximum absolute atomic E-state index is 9.26. The second kappa shape index (κ2) is 5.83. The number of aryl methyl sites for hydroxylation is 1. The molecule has 1 fully saturated rings. The maximum Gasteiger partial charge on any atom is 0.137 e. The predicted octanol–water partition coefficient (Wildman–Crippen LogP) is 2.35. The zero-order chi connectivity index (χ0) is 13.1. The lowest BCUT2D eigenvalue weighted by Gasteiger charge is -2.26. The van der Waals surface area contributed by atoms with Crippen molar-refractivity contribution in [2.24, 2.45) is 0 Å². The van der Waals surface area contributed by atoms with E-state index in [1.54, 1.807) is 0 Å². The highest BCUT2D eigenvalue weighted by atomic mass is 16.5. The molecule has 100 valence electrons. The number of aliphatic hydroxyl groups excluding tert-OH is 1. The first-order valence-electron chi connectivity index (χ1n) is 6.76. The van der Waals surface area contributed by atoms with Gasteiger partial charge in [0, 0.05) is 12.6 Å². The molecular formula is C15H23NO2. The van der Waals surface area contributed by atoms with Gasteiger partial charge in [-0.3, -0.25) is 4.90 Å². The van der Waals surface area contributed by atoms with Gasteiger partial charge in [0.25, 0.3) is 0 Å². The molecule has 1 aromatic rings. The Morgan fingerprint density at radius 1 is 1.33 bits per heavy atom. The van der Waals surface area contributed by atoms with E-state index < -0.39 is 0 Å². The number of hydrogen-bond acceptors (Lipinski definition) is 3. The standard InChI is InChI=1S/C15H23NO2/c1-4-12-5-7-13(8-6-12)15-16(11(2)3)9-14(10-17)18-15/h5-8,11,14-15,17H,4,9-10H2,1-3H3. The van der Waals surface area contributed by atoms with Crippen LogP contribution >= 0.6 is 0 Å². The molecule has 1 heterocycles. The fraction of sp³-hybridized carbons (Fsp3) is 0.600. The highest BCUT2D eigenvalue weighted by molar-refractivity contribution is 5.24. The van der Waals surface area contributed by atoms with Gasteiger partial charge in [-0.2, -0.15) is 0 Å². The molecule has 2 unspecified atom stereocenters. The fourth-order valence-corrected chi connectivity index (χ4v) is 2.40. The average Bonchev–Trinajstić information content (AvgIpc) is 2.83. The Kier molecular flexibility index (Phi) is 4.38. The zero-order valence-electron chi connectivity index (χ0n) is 11.5. The van der Waals surface area contributed by atoms with Crippen LogP contribution in [0.25, 0.3) is 0 Å². The van der Waals surface area contributed by atoms with E-state index in [4.69, 9.17) is 4.74 Å². The second-order valence-electron chi connectivity index (χ2n) is 5.18. The van der Waals surface area contributed by atoms with Crippen molar-refractivity contribution in [1.82, 2.24) is 4.90 Å². The van der Waals surface area contributed by atoms with Crippen LogP contribution in [-0.2, 0) is 11.2 Å². The van der Waals surface area contributed by atoms with E-state index in [0.29, 0.717) is 6.04 Å². The van der Waals surface area contributed by atoms with Crippen LogP contribution in [-0.4, -0.2) is 35.3 Å². The van der Waals surface area contributed by atoms with Gasteiger partial charge in [0.2, 0.25) is 0 Å². The van der Waals surface area contributed by atoms with Gasteiger partial charge in [-0.15, -0.1) is 0 Å². The molecule has 2 rings (SSSR count). The van der Waals surface area contributed by atoms with E-state index in [1.807, 2.05) is 0 Å².